The van der Waals surface area contributed by atoms with E-state index in [1.165, 1.54) is 6.07 Å². The van der Waals surface area contributed by atoms with Crippen molar-refractivity contribution in [1.29, 1.82) is 0 Å². The lowest BCUT2D eigenvalue weighted by molar-refractivity contribution is -0.131. The van der Waals surface area contributed by atoms with E-state index in [2.05, 4.69) is 0 Å². The highest BCUT2D eigenvalue weighted by Crippen LogP contribution is 2.46. The molecule has 5 nitrogen and oxygen atoms in total. The molecule has 1 unspecified atom stereocenters. The maximum atomic E-state index is 12.7. The number of allylic oxidation sites excluding steroid dienone is 1. The van der Waals surface area contributed by atoms with E-state index in [4.69, 9.17) is 5.11 Å². The van der Waals surface area contributed by atoms with Gasteiger partial charge in [-0.05, 0) is 54.7 Å². The van der Waals surface area contributed by atoms with Crippen LogP contribution in [0.2, 0.25) is 0 Å². The fourth-order valence-electron chi connectivity index (χ4n) is 2.71. The fraction of sp³-hybridized carbons (Fsp3) is 0.250. The summed E-state index contributed by atoms with van der Waals surface area (Å²) < 4.78 is 12.7. The first-order valence-electron chi connectivity index (χ1n) is 8.27. The van der Waals surface area contributed by atoms with Crippen molar-refractivity contribution in [1.82, 2.24) is 0 Å². The first-order chi connectivity index (χ1) is 12.2. The lowest BCUT2D eigenvalue weighted by Gasteiger charge is -2.16. The number of carboxylic acid groups (broad SMARTS) is 1. The van der Waals surface area contributed by atoms with E-state index in [9.17, 15) is 19.4 Å². The molecular weight excluding hydrogens is 351 g/mol. The van der Waals surface area contributed by atoms with E-state index in [0.29, 0.717) is 6.42 Å². The minimum Gasteiger partial charge on any atom is -0.507 e. The summed E-state index contributed by atoms with van der Waals surface area (Å²) in [5, 5.41) is 19.3. The third-order valence-corrected chi connectivity index (χ3v) is 6.02. The van der Waals surface area contributed by atoms with Crippen LogP contribution in [0.5, 0.6) is 5.75 Å². The first kappa shape index (κ1) is 20.0. The van der Waals surface area contributed by atoms with Crippen LogP contribution in [0.1, 0.15) is 22.3 Å². The number of carboxylic acids is 1. The molecule has 0 aliphatic carbocycles. The molecule has 0 aromatic heterocycles. The van der Waals surface area contributed by atoms with Crippen molar-refractivity contribution in [3.8, 4) is 5.75 Å². The van der Waals surface area contributed by atoms with Gasteiger partial charge in [-0.2, -0.15) is 0 Å². The minimum absolute atomic E-state index is 0.0412. The van der Waals surface area contributed by atoms with Crippen LogP contribution in [0.4, 0.5) is 0 Å². The summed E-state index contributed by atoms with van der Waals surface area (Å²) in [6.45, 7) is 3.67. The molecule has 6 heteroatoms. The second-order valence-electron chi connectivity index (χ2n) is 6.43. The molecule has 0 saturated heterocycles. The largest absolute Gasteiger partial charge is 0.507 e. The predicted octanol–water partition coefficient (Wildman–Crippen LogP) is 3.99. The average Bonchev–Trinajstić information content (AvgIpc) is 2.56. The van der Waals surface area contributed by atoms with Crippen LogP contribution in [-0.4, -0.2) is 33.4 Å². The van der Waals surface area contributed by atoms with Crippen LogP contribution < -0.4 is 0 Å². The maximum Gasteiger partial charge on any atom is 0.328 e. The number of hydrogen-bond donors (Lipinski definition) is 3. The van der Waals surface area contributed by atoms with Gasteiger partial charge in [-0.25, -0.2) is 4.79 Å². The normalized spacial score (nSPS) is 14.0. The molecule has 0 aliphatic heterocycles. The second kappa shape index (κ2) is 8.35. The summed E-state index contributed by atoms with van der Waals surface area (Å²) in [6, 6.07) is 12.5. The molecule has 0 aliphatic rings. The van der Waals surface area contributed by atoms with E-state index in [0.717, 1.165) is 22.8 Å². The lowest BCUT2D eigenvalue weighted by atomic mass is 10.00. The number of phenols is 1. The predicted molar refractivity (Wildman–Crippen MR) is 103 cm³/mol. The van der Waals surface area contributed by atoms with Crippen LogP contribution in [-0.2, 0) is 15.8 Å². The Morgan fingerprint density at radius 1 is 1.12 bits per heavy atom. The number of aliphatic carboxylic acids is 1. The van der Waals surface area contributed by atoms with Crippen molar-refractivity contribution in [2.75, 3.05) is 12.3 Å². The summed E-state index contributed by atoms with van der Waals surface area (Å²) in [4.78, 5) is 21.6. The van der Waals surface area contributed by atoms with Gasteiger partial charge in [0, 0.05) is 17.8 Å². The topological polar surface area (TPSA) is 94.8 Å². The molecular formula is C20H23O5P. The summed E-state index contributed by atoms with van der Waals surface area (Å²) in [7, 11) is -3.63. The summed E-state index contributed by atoms with van der Waals surface area (Å²) in [6.07, 6.45) is 1.06. The number of hydrogen-bond acceptors (Lipinski definition) is 3. The Morgan fingerprint density at radius 3 is 2.35 bits per heavy atom. The van der Waals surface area contributed by atoms with E-state index in [-0.39, 0.29) is 29.2 Å². The number of benzene rings is 2. The Bertz CT molecular complexity index is 871. The van der Waals surface area contributed by atoms with Gasteiger partial charge in [0.2, 0.25) is 7.37 Å². The molecule has 1 atom stereocenters. The Hall–Kier alpha value is -2.36. The Morgan fingerprint density at radius 2 is 1.73 bits per heavy atom. The maximum absolute atomic E-state index is 12.7. The number of carbonyl (C=O) groups is 1. The van der Waals surface area contributed by atoms with E-state index < -0.39 is 13.3 Å². The monoisotopic (exact) mass is 374 g/mol. The second-order valence-corrected chi connectivity index (χ2v) is 8.88. The molecule has 2 aromatic rings. The van der Waals surface area contributed by atoms with Crippen molar-refractivity contribution in [2.45, 2.75) is 20.3 Å². The highest BCUT2D eigenvalue weighted by molar-refractivity contribution is 7.58. The smallest absolute Gasteiger partial charge is 0.328 e. The van der Waals surface area contributed by atoms with Crippen molar-refractivity contribution in [2.24, 2.45) is 0 Å². The van der Waals surface area contributed by atoms with Gasteiger partial charge in [0.25, 0.3) is 0 Å². The van der Waals surface area contributed by atoms with Crippen LogP contribution >= 0.6 is 7.37 Å². The number of rotatable bonds is 7. The molecule has 0 fully saturated rings. The molecule has 0 radical (unpaired) electrons. The van der Waals surface area contributed by atoms with Crippen molar-refractivity contribution < 1.29 is 24.5 Å². The van der Waals surface area contributed by atoms with Crippen LogP contribution in [0, 0.1) is 13.8 Å². The summed E-state index contributed by atoms with van der Waals surface area (Å²) in [5.41, 5.74) is 3.10. The van der Waals surface area contributed by atoms with Crippen LogP contribution in [0.15, 0.2) is 48.5 Å². The van der Waals surface area contributed by atoms with Crippen LogP contribution in [0.3, 0.4) is 0 Å². The van der Waals surface area contributed by atoms with Gasteiger partial charge in [0.05, 0.1) is 6.16 Å². The number of aromatic hydroxyl groups is 1. The highest BCUT2D eigenvalue weighted by atomic mass is 31.2. The molecule has 26 heavy (non-hydrogen) atoms. The number of aryl methyl sites for hydroxylation is 3. The number of phenolic OH excluding ortho intramolecular Hbond substituents is 1. The summed E-state index contributed by atoms with van der Waals surface area (Å²) in [5.74, 6) is -1.32. The van der Waals surface area contributed by atoms with Crippen molar-refractivity contribution in [3.05, 3.63) is 70.8 Å². The zero-order chi connectivity index (χ0) is 19.3. The Labute approximate surface area is 153 Å². The first-order valence-corrected chi connectivity index (χ1v) is 10.3. The van der Waals surface area contributed by atoms with Gasteiger partial charge in [-0.1, -0.05) is 30.3 Å². The van der Waals surface area contributed by atoms with Gasteiger partial charge >= 0.3 is 5.97 Å². The quantitative estimate of drug-likeness (QED) is 0.503. The van der Waals surface area contributed by atoms with Gasteiger partial charge in [0.15, 0.2) is 0 Å². The van der Waals surface area contributed by atoms with Crippen molar-refractivity contribution in [3.63, 3.8) is 0 Å². The molecule has 138 valence electrons. The molecule has 2 rings (SSSR count). The van der Waals surface area contributed by atoms with E-state index in [1.807, 2.05) is 44.2 Å². The lowest BCUT2D eigenvalue weighted by Crippen LogP contribution is -2.03. The van der Waals surface area contributed by atoms with E-state index >= 15 is 0 Å². The molecule has 3 N–H and O–H groups in total. The average molecular weight is 374 g/mol. The third kappa shape index (κ3) is 5.58. The van der Waals surface area contributed by atoms with Gasteiger partial charge in [-0.3, -0.25) is 4.57 Å². The van der Waals surface area contributed by atoms with Crippen molar-refractivity contribution >= 4 is 18.9 Å². The minimum atomic E-state index is -3.63. The molecule has 0 spiro atoms. The Kier molecular flexibility index (Phi) is 6.41. The Balaban J connectivity index is 2.26. The summed E-state index contributed by atoms with van der Waals surface area (Å²) >= 11 is 0. The molecule has 2 aromatic carbocycles. The molecule has 0 heterocycles. The zero-order valence-corrected chi connectivity index (χ0v) is 15.7. The molecule has 0 bridgehead atoms. The molecule has 0 amide bonds. The third-order valence-electron chi connectivity index (χ3n) is 4.27. The fourth-order valence-corrected chi connectivity index (χ4v) is 4.27. The highest BCUT2D eigenvalue weighted by Gasteiger charge is 2.23. The SMILES string of the molecule is Cc1cc(O)c(C(=CC(=O)O)CP(=O)(O)CCc2ccccc2)cc1C. The van der Waals surface area contributed by atoms with E-state index in [1.54, 1.807) is 6.07 Å². The van der Waals surface area contributed by atoms with Gasteiger partial charge < -0.3 is 15.1 Å². The zero-order valence-electron chi connectivity index (χ0n) is 14.8. The van der Waals surface area contributed by atoms with Crippen LogP contribution in [0.25, 0.3) is 5.57 Å². The molecule has 0 saturated carbocycles. The van der Waals surface area contributed by atoms with Gasteiger partial charge in [0.1, 0.15) is 5.75 Å². The standard InChI is InChI=1S/C20H23O5P/c1-14-10-18(19(21)11-15(14)2)17(12-20(22)23)13-26(24,25)9-8-16-6-4-3-5-7-16/h3-7,10-12,21H,8-9,13H2,1-2H3,(H,22,23)(H,24,25). The van der Waals surface area contributed by atoms with Gasteiger partial charge in [-0.15, -0.1) is 0 Å².